The van der Waals surface area contributed by atoms with Crippen molar-refractivity contribution in [3.05, 3.63) is 28.2 Å². The first-order chi connectivity index (χ1) is 10.1. The summed E-state index contributed by atoms with van der Waals surface area (Å²) in [5.41, 5.74) is 0. The summed E-state index contributed by atoms with van der Waals surface area (Å²) in [5.74, 6) is 0.449. The zero-order valence-electron chi connectivity index (χ0n) is 12.0. The Morgan fingerprint density at radius 1 is 1.33 bits per heavy atom. The molecule has 1 aliphatic rings. The standard InChI is InChI=1S/C16H19Cl2NOS/c1-2-3-11-4-5-12(10-19)16(8-11)21(20)13-6-7-14(17)15(18)9-13/h6-7,9,11-12,16H,2-5,8H2,1H3. The highest BCUT2D eigenvalue weighted by Crippen LogP contribution is 2.37. The van der Waals surface area contributed by atoms with Gasteiger partial charge in [0.05, 0.1) is 38.1 Å². The number of rotatable bonds is 4. The highest BCUT2D eigenvalue weighted by atomic mass is 35.5. The average Bonchev–Trinajstić information content (AvgIpc) is 2.49. The Kier molecular flexibility index (Phi) is 6.10. The highest BCUT2D eigenvalue weighted by molar-refractivity contribution is 7.85. The van der Waals surface area contributed by atoms with Crippen molar-refractivity contribution in [2.75, 3.05) is 0 Å². The van der Waals surface area contributed by atoms with Crippen LogP contribution < -0.4 is 0 Å². The van der Waals surface area contributed by atoms with Crippen LogP contribution in [0.3, 0.4) is 0 Å². The van der Waals surface area contributed by atoms with Crippen molar-refractivity contribution < 1.29 is 4.21 Å². The molecule has 4 unspecified atom stereocenters. The number of nitriles is 1. The summed E-state index contributed by atoms with van der Waals surface area (Å²) in [6, 6.07) is 7.43. The number of hydrogen-bond donors (Lipinski definition) is 0. The van der Waals surface area contributed by atoms with Crippen LogP contribution in [-0.4, -0.2) is 9.46 Å². The van der Waals surface area contributed by atoms with Gasteiger partial charge in [-0.25, -0.2) is 0 Å². The Hall–Kier alpha value is -0.560. The lowest BCUT2D eigenvalue weighted by Gasteiger charge is -2.32. The predicted molar refractivity (Wildman–Crippen MR) is 88.0 cm³/mol. The lowest BCUT2D eigenvalue weighted by molar-refractivity contribution is 0.303. The van der Waals surface area contributed by atoms with E-state index in [0.717, 1.165) is 32.1 Å². The fourth-order valence-corrected chi connectivity index (χ4v) is 5.13. The molecule has 0 heterocycles. The molecule has 1 aliphatic carbocycles. The summed E-state index contributed by atoms with van der Waals surface area (Å²) in [4.78, 5) is 0.673. The number of hydrogen-bond acceptors (Lipinski definition) is 2. The van der Waals surface area contributed by atoms with Gasteiger partial charge in [0.25, 0.3) is 0 Å². The molecule has 0 aromatic heterocycles. The maximum Gasteiger partial charge on any atom is 0.0668 e. The maximum atomic E-state index is 12.8. The molecule has 114 valence electrons. The molecule has 0 bridgehead atoms. The fraction of sp³-hybridized carbons (Fsp3) is 0.562. The van der Waals surface area contributed by atoms with Crippen LogP contribution in [-0.2, 0) is 10.8 Å². The number of benzene rings is 1. The van der Waals surface area contributed by atoms with Gasteiger partial charge in [0.1, 0.15) is 0 Å². The molecule has 0 aliphatic heterocycles. The van der Waals surface area contributed by atoms with Gasteiger partial charge in [-0.2, -0.15) is 5.26 Å². The van der Waals surface area contributed by atoms with Gasteiger partial charge in [0, 0.05) is 4.90 Å². The Bertz CT molecular complexity index is 570. The third-order valence-corrected chi connectivity index (χ3v) is 6.69. The topological polar surface area (TPSA) is 40.9 Å². The molecule has 1 fully saturated rings. The molecule has 5 heteroatoms. The summed E-state index contributed by atoms with van der Waals surface area (Å²) in [5, 5.41) is 10.1. The SMILES string of the molecule is CCCC1CCC(C#N)C(S(=O)c2ccc(Cl)c(Cl)c2)C1. The van der Waals surface area contributed by atoms with E-state index < -0.39 is 10.8 Å². The summed E-state index contributed by atoms with van der Waals surface area (Å²) >= 11 is 11.9. The van der Waals surface area contributed by atoms with Gasteiger partial charge in [-0.05, 0) is 43.4 Å². The van der Waals surface area contributed by atoms with E-state index in [1.807, 2.05) is 0 Å². The minimum absolute atomic E-state index is 0.0995. The van der Waals surface area contributed by atoms with Crippen molar-refractivity contribution in [2.45, 2.75) is 49.2 Å². The van der Waals surface area contributed by atoms with Crippen LogP contribution >= 0.6 is 23.2 Å². The van der Waals surface area contributed by atoms with Gasteiger partial charge < -0.3 is 0 Å². The largest absolute Gasteiger partial charge is 0.254 e. The van der Waals surface area contributed by atoms with Crippen LogP contribution in [0.1, 0.15) is 39.0 Å². The first-order valence-corrected chi connectivity index (χ1v) is 9.29. The molecule has 4 atom stereocenters. The van der Waals surface area contributed by atoms with Crippen LogP contribution in [0.2, 0.25) is 10.0 Å². The molecule has 0 spiro atoms. The Balaban J connectivity index is 2.21. The van der Waals surface area contributed by atoms with E-state index in [1.165, 1.54) is 0 Å². The molecule has 1 saturated carbocycles. The molecule has 1 aromatic rings. The van der Waals surface area contributed by atoms with Crippen LogP contribution in [0.5, 0.6) is 0 Å². The van der Waals surface area contributed by atoms with E-state index in [9.17, 15) is 9.47 Å². The minimum atomic E-state index is -1.21. The van der Waals surface area contributed by atoms with E-state index in [4.69, 9.17) is 23.2 Å². The third-order valence-electron chi connectivity index (χ3n) is 4.16. The molecule has 0 saturated heterocycles. The normalized spacial score (nSPS) is 27.0. The molecule has 21 heavy (non-hydrogen) atoms. The van der Waals surface area contributed by atoms with Gasteiger partial charge >= 0.3 is 0 Å². The van der Waals surface area contributed by atoms with E-state index in [1.54, 1.807) is 18.2 Å². The number of nitrogens with zero attached hydrogens (tertiary/aromatic N) is 1. The minimum Gasteiger partial charge on any atom is -0.254 e. The quantitative estimate of drug-likeness (QED) is 0.752. The van der Waals surface area contributed by atoms with E-state index in [-0.39, 0.29) is 11.2 Å². The Morgan fingerprint density at radius 2 is 2.10 bits per heavy atom. The van der Waals surface area contributed by atoms with Crippen molar-refractivity contribution in [3.8, 4) is 6.07 Å². The summed E-state index contributed by atoms with van der Waals surface area (Å²) in [6.45, 7) is 2.17. The molecule has 0 amide bonds. The van der Waals surface area contributed by atoms with E-state index in [0.29, 0.717) is 20.9 Å². The van der Waals surface area contributed by atoms with Crippen LogP contribution in [0.15, 0.2) is 23.1 Å². The molecule has 1 aromatic carbocycles. The van der Waals surface area contributed by atoms with Crippen molar-refractivity contribution in [2.24, 2.45) is 11.8 Å². The van der Waals surface area contributed by atoms with Crippen molar-refractivity contribution in [3.63, 3.8) is 0 Å². The molecule has 2 nitrogen and oxygen atoms in total. The van der Waals surface area contributed by atoms with Gasteiger partial charge in [-0.15, -0.1) is 0 Å². The maximum absolute atomic E-state index is 12.8. The van der Waals surface area contributed by atoms with Crippen molar-refractivity contribution in [1.29, 1.82) is 5.26 Å². The van der Waals surface area contributed by atoms with Crippen molar-refractivity contribution >= 4 is 34.0 Å². The van der Waals surface area contributed by atoms with Crippen LogP contribution in [0.4, 0.5) is 0 Å². The highest BCUT2D eigenvalue weighted by Gasteiger charge is 2.34. The Morgan fingerprint density at radius 3 is 2.71 bits per heavy atom. The zero-order valence-corrected chi connectivity index (χ0v) is 14.3. The van der Waals surface area contributed by atoms with E-state index in [2.05, 4.69) is 13.0 Å². The first kappa shape index (κ1) is 16.8. The average molecular weight is 344 g/mol. The van der Waals surface area contributed by atoms with Gasteiger partial charge in [-0.3, -0.25) is 4.21 Å². The number of halogens is 2. The predicted octanol–water partition coefficient (Wildman–Crippen LogP) is 5.21. The smallest absolute Gasteiger partial charge is 0.0668 e. The molecule has 2 rings (SSSR count). The third kappa shape index (κ3) is 4.00. The summed E-state index contributed by atoms with van der Waals surface area (Å²) < 4.78 is 12.8. The molecular formula is C16H19Cl2NOS. The van der Waals surface area contributed by atoms with E-state index >= 15 is 0 Å². The van der Waals surface area contributed by atoms with Crippen molar-refractivity contribution in [1.82, 2.24) is 0 Å². The fourth-order valence-electron chi connectivity index (χ4n) is 3.04. The first-order valence-electron chi connectivity index (χ1n) is 7.32. The molecule has 0 radical (unpaired) electrons. The second-order valence-electron chi connectivity index (χ2n) is 5.62. The molecule has 0 N–H and O–H groups in total. The van der Waals surface area contributed by atoms with Crippen LogP contribution in [0, 0.1) is 23.2 Å². The zero-order chi connectivity index (χ0) is 15.4. The second kappa shape index (κ2) is 7.63. The van der Waals surface area contributed by atoms with Gasteiger partial charge in [0.15, 0.2) is 0 Å². The van der Waals surface area contributed by atoms with Gasteiger partial charge in [-0.1, -0.05) is 43.0 Å². The lowest BCUT2D eigenvalue weighted by atomic mass is 9.80. The monoisotopic (exact) mass is 343 g/mol. The lowest BCUT2D eigenvalue weighted by Crippen LogP contribution is -2.32. The molecular weight excluding hydrogens is 325 g/mol. The summed E-state index contributed by atoms with van der Waals surface area (Å²) in [7, 11) is -1.21. The van der Waals surface area contributed by atoms with Gasteiger partial charge in [0.2, 0.25) is 0 Å². The van der Waals surface area contributed by atoms with Crippen LogP contribution in [0.25, 0.3) is 0 Å². The Labute approximate surface area is 138 Å². The summed E-state index contributed by atoms with van der Waals surface area (Å²) in [6.07, 6.45) is 5.06. The second-order valence-corrected chi connectivity index (χ2v) is 8.10.